The summed E-state index contributed by atoms with van der Waals surface area (Å²) in [6, 6.07) is -0.719. The van der Waals surface area contributed by atoms with Gasteiger partial charge >= 0.3 is 0 Å². The molecule has 1 rings (SSSR count). The number of rotatable bonds is 49. The third kappa shape index (κ3) is 36.6. The van der Waals surface area contributed by atoms with Crippen LogP contribution < -0.4 is 5.32 Å². The van der Waals surface area contributed by atoms with Crippen molar-refractivity contribution < 1.29 is 39.8 Å². The second-order valence-corrected chi connectivity index (χ2v) is 20.1. The van der Waals surface area contributed by atoms with Crippen LogP contribution in [0.25, 0.3) is 0 Å². The normalized spacial score (nSPS) is 19.9. The second-order valence-electron chi connectivity index (χ2n) is 20.1. The van der Waals surface area contributed by atoms with Crippen molar-refractivity contribution in [2.75, 3.05) is 13.2 Å². The Morgan fingerprint density at radius 2 is 0.862 bits per heavy atom. The van der Waals surface area contributed by atoms with Gasteiger partial charge in [-0.2, -0.15) is 0 Å². The lowest BCUT2D eigenvalue weighted by Crippen LogP contribution is -2.60. The van der Waals surface area contributed by atoms with Gasteiger partial charge in [0.1, 0.15) is 24.4 Å². The lowest BCUT2D eigenvalue weighted by Gasteiger charge is -2.40. The molecule has 0 spiro atoms. The molecular formula is C56H109NO8. The maximum absolute atomic E-state index is 13.1. The van der Waals surface area contributed by atoms with E-state index in [1.807, 2.05) is 0 Å². The molecule has 9 nitrogen and oxygen atoms in total. The minimum atomic E-state index is -1.55. The van der Waals surface area contributed by atoms with E-state index >= 15 is 0 Å². The van der Waals surface area contributed by atoms with Gasteiger partial charge in [0.15, 0.2) is 6.29 Å². The summed E-state index contributed by atoms with van der Waals surface area (Å²) in [4.78, 5) is 13.1. The Morgan fingerprint density at radius 3 is 1.25 bits per heavy atom. The molecule has 1 aliphatic rings. The minimum absolute atomic E-state index is 0.136. The van der Waals surface area contributed by atoms with Crippen molar-refractivity contribution in [3.05, 3.63) is 12.2 Å². The van der Waals surface area contributed by atoms with E-state index in [9.17, 15) is 30.3 Å². The van der Waals surface area contributed by atoms with Crippen LogP contribution in [0, 0.1) is 0 Å². The van der Waals surface area contributed by atoms with E-state index in [-0.39, 0.29) is 12.5 Å². The Bertz CT molecular complexity index is 1030. The number of carbonyl (C=O) groups is 1. The van der Waals surface area contributed by atoms with Gasteiger partial charge in [0.05, 0.1) is 25.4 Å². The largest absolute Gasteiger partial charge is 0.394 e. The molecule has 9 heteroatoms. The Kier molecular flexibility index (Phi) is 44.5. The zero-order valence-electron chi connectivity index (χ0n) is 42.8. The molecule has 1 fully saturated rings. The fourth-order valence-corrected chi connectivity index (χ4v) is 9.34. The maximum Gasteiger partial charge on any atom is 0.220 e. The van der Waals surface area contributed by atoms with Crippen molar-refractivity contribution in [1.82, 2.24) is 5.32 Å². The number of hydrogen-bond acceptors (Lipinski definition) is 8. The fourth-order valence-electron chi connectivity index (χ4n) is 9.34. The highest BCUT2D eigenvalue weighted by molar-refractivity contribution is 5.76. The van der Waals surface area contributed by atoms with Gasteiger partial charge in [-0.1, -0.05) is 251 Å². The molecule has 7 atom stereocenters. The first-order valence-electron chi connectivity index (χ1n) is 28.4. The van der Waals surface area contributed by atoms with Gasteiger partial charge in [-0.15, -0.1) is 0 Å². The summed E-state index contributed by atoms with van der Waals surface area (Å²) in [6.45, 7) is 3.87. The average molecular weight is 924 g/mol. The molecule has 1 aliphatic heterocycles. The molecule has 0 saturated carbocycles. The second kappa shape index (κ2) is 46.6. The highest BCUT2D eigenvalue weighted by atomic mass is 16.7. The first-order valence-corrected chi connectivity index (χ1v) is 28.4. The van der Waals surface area contributed by atoms with Gasteiger partial charge in [-0.25, -0.2) is 0 Å². The van der Waals surface area contributed by atoms with Crippen molar-refractivity contribution in [3.8, 4) is 0 Å². The van der Waals surface area contributed by atoms with Crippen LogP contribution in [0.3, 0.4) is 0 Å². The van der Waals surface area contributed by atoms with Crippen molar-refractivity contribution in [3.63, 3.8) is 0 Å². The van der Waals surface area contributed by atoms with Crippen molar-refractivity contribution in [2.24, 2.45) is 0 Å². The summed E-state index contributed by atoms with van der Waals surface area (Å²) >= 11 is 0. The number of aliphatic hydroxyl groups excluding tert-OH is 5. The highest BCUT2D eigenvalue weighted by Gasteiger charge is 2.44. The molecular weight excluding hydrogens is 815 g/mol. The van der Waals surface area contributed by atoms with Crippen LogP contribution >= 0.6 is 0 Å². The summed E-state index contributed by atoms with van der Waals surface area (Å²) in [5.41, 5.74) is 0. The van der Waals surface area contributed by atoms with E-state index in [0.717, 1.165) is 38.5 Å². The standard InChI is InChI=1S/C56H109NO8/c1-3-5-7-9-11-13-15-17-19-21-23-25-26-27-29-31-33-35-37-39-41-43-45-50(59)49(48-64-56-55(63)54(62)53(61)51(47-58)65-56)57-52(60)46-44-42-40-38-36-34-32-30-28-24-22-20-18-16-14-12-10-8-6-4-2/h24,28,49-51,53-56,58-59,61-63H,3-23,25-27,29-48H2,1-2H3,(H,57,60)/b28-24-. The van der Waals surface area contributed by atoms with E-state index in [1.165, 1.54) is 218 Å². The van der Waals surface area contributed by atoms with E-state index < -0.39 is 49.5 Å². The van der Waals surface area contributed by atoms with E-state index in [2.05, 4.69) is 31.3 Å². The summed E-state index contributed by atoms with van der Waals surface area (Å²) < 4.78 is 11.3. The predicted octanol–water partition coefficient (Wildman–Crippen LogP) is 13.6. The number of amides is 1. The predicted molar refractivity (Wildman–Crippen MR) is 272 cm³/mol. The highest BCUT2D eigenvalue weighted by Crippen LogP contribution is 2.23. The Balaban J connectivity index is 2.22. The molecule has 0 aromatic rings. The molecule has 0 radical (unpaired) electrons. The topological polar surface area (TPSA) is 149 Å². The molecule has 0 bridgehead atoms. The lowest BCUT2D eigenvalue weighted by molar-refractivity contribution is -0.302. The molecule has 1 amide bonds. The number of carbonyl (C=O) groups excluding carboxylic acids is 1. The number of nitrogens with one attached hydrogen (secondary N) is 1. The zero-order chi connectivity index (χ0) is 47.3. The zero-order valence-corrected chi connectivity index (χ0v) is 42.8. The van der Waals surface area contributed by atoms with Gasteiger partial charge in [0.25, 0.3) is 0 Å². The molecule has 65 heavy (non-hydrogen) atoms. The minimum Gasteiger partial charge on any atom is -0.394 e. The van der Waals surface area contributed by atoms with Crippen LogP contribution in [0.4, 0.5) is 0 Å². The fraction of sp³-hybridized carbons (Fsp3) is 0.946. The summed E-state index contributed by atoms with van der Waals surface area (Å²) in [5.74, 6) is -0.144. The molecule has 0 aliphatic carbocycles. The Labute approximate surface area is 401 Å². The average Bonchev–Trinajstić information content (AvgIpc) is 3.31. The molecule has 6 N–H and O–H groups in total. The van der Waals surface area contributed by atoms with Crippen LogP contribution in [0.5, 0.6) is 0 Å². The molecule has 1 heterocycles. The van der Waals surface area contributed by atoms with Crippen molar-refractivity contribution >= 4 is 5.91 Å². The van der Waals surface area contributed by atoms with Gasteiger partial charge < -0.3 is 40.3 Å². The summed E-state index contributed by atoms with van der Waals surface area (Å²) in [7, 11) is 0. The number of unbranched alkanes of at least 4 members (excludes halogenated alkanes) is 37. The Hall–Kier alpha value is -1.07. The van der Waals surface area contributed by atoms with E-state index in [4.69, 9.17) is 9.47 Å². The quantitative estimate of drug-likeness (QED) is 0.0261. The molecule has 7 unspecified atom stereocenters. The first kappa shape index (κ1) is 61.9. The maximum atomic E-state index is 13.1. The number of hydrogen-bond donors (Lipinski definition) is 6. The van der Waals surface area contributed by atoms with Gasteiger partial charge in [0.2, 0.25) is 5.91 Å². The third-order valence-electron chi connectivity index (χ3n) is 13.9. The first-order chi connectivity index (χ1) is 31.8. The van der Waals surface area contributed by atoms with E-state index in [1.54, 1.807) is 0 Å². The van der Waals surface area contributed by atoms with Gasteiger partial charge in [0, 0.05) is 6.42 Å². The SMILES string of the molecule is CCCCCCCCCCC/C=C\CCCCCCCCCC(=O)NC(COC1OC(CO)C(O)C(O)C1O)C(O)CCCCCCCCCCCCCCCCCCCCCCCC. The number of allylic oxidation sites excluding steroid dienone is 2. The number of ether oxygens (including phenoxy) is 2. The van der Waals surface area contributed by atoms with E-state index in [0.29, 0.717) is 12.8 Å². The number of aliphatic hydroxyl groups is 5. The van der Waals surface area contributed by atoms with Crippen molar-refractivity contribution in [1.29, 1.82) is 0 Å². The Morgan fingerprint density at radius 1 is 0.508 bits per heavy atom. The lowest BCUT2D eigenvalue weighted by atomic mass is 9.99. The monoisotopic (exact) mass is 924 g/mol. The van der Waals surface area contributed by atoms with Crippen LogP contribution in [0.15, 0.2) is 12.2 Å². The van der Waals surface area contributed by atoms with Crippen molar-refractivity contribution in [2.45, 2.75) is 326 Å². The van der Waals surface area contributed by atoms with Gasteiger partial charge in [-0.3, -0.25) is 4.79 Å². The van der Waals surface area contributed by atoms with Crippen LogP contribution in [0.2, 0.25) is 0 Å². The molecule has 0 aromatic carbocycles. The summed E-state index contributed by atoms with van der Waals surface area (Å²) in [6.07, 6.45) is 49.5. The molecule has 0 aromatic heterocycles. The van der Waals surface area contributed by atoms with Gasteiger partial charge in [-0.05, 0) is 38.5 Å². The summed E-state index contributed by atoms with van der Waals surface area (Å²) in [5, 5.41) is 54.7. The smallest absolute Gasteiger partial charge is 0.220 e. The van der Waals surface area contributed by atoms with Crippen LogP contribution in [-0.4, -0.2) is 87.5 Å². The molecule has 386 valence electrons. The van der Waals surface area contributed by atoms with Crippen LogP contribution in [-0.2, 0) is 14.3 Å². The van der Waals surface area contributed by atoms with Crippen LogP contribution in [0.1, 0.15) is 284 Å². The third-order valence-corrected chi connectivity index (χ3v) is 13.9. The molecule has 1 saturated heterocycles.